The molecule has 0 radical (unpaired) electrons. The van der Waals surface area contributed by atoms with Crippen molar-refractivity contribution in [1.82, 2.24) is 14.9 Å². The average Bonchev–Trinajstić information content (AvgIpc) is 2.43. The van der Waals surface area contributed by atoms with Gasteiger partial charge in [0.05, 0.1) is 5.75 Å². The van der Waals surface area contributed by atoms with E-state index in [0.717, 1.165) is 22.6 Å². The van der Waals surface area contributed by atoms with Crippen LogP contribution in [0.15, 0.2) is 40.4 Å². The Morgan fingerprint density at radius 1 is 1.40 bits per heavy atom. The quantitative estimate of drug-likeness (QED) is 0.618. The first-order valence-electron chi connectivity index (χ1n) is 5.44. The number of nitrogens with one attached hydrogen (secondary N) is 1. The van der Waals surface area contributed by atoms with Crippen molar-refractivity contribution >= 4 is 23.4 Å². The molecule has 0 aliphatic heterocycles. The van der Waals surface area contributed by atoms with E-state index in [2.05, 4.69) is 15.5 Å². The maximum atomic E-state index is 12.7. The summed E-state index contributed by atoms with van der Waals surface area (Å²) in [6.45, 7) is 0. The number of benzene rings is 1. The zero-order valence-electron chi connectivity index (χ0n) is 10.1. The van der Waals surface area contributed by atoms with Crippen molar-refractivity contribution in [3.05, 3.63) is 46.6 Å². The summed E-state index contributed by atoms with van der Waals surface area (Å²) in [5.41, 5.74) is -0.0391. The molecule has 2 rings (SSSR count). The fourth-order valence-corrected chi connectivity index (χ4v) is 1.96. The van der Waals surface area contributed by atoms with Crippen LogP contribution in [0, 0.1) is 5.82 Å². The molecule has 1 heterocycles. The fraction of sp³-hybridized carbons (Fsp3) is 0.0909. The molecule has 0 fully saturated rings. The molecule has 0 aliphatic carbocycles. The highest BCUT2D eigenvalue weighted by atomic mass is 32.2. The van der Waals surface area contributed by atoms with Crippen LogP contribution in [0.25, 0.3) is 0 Å². The minimum absolute atomic E-state index is 0.00723. The van der Waals surface area contributed by atoms with E-state index < -0.39 is 5.56 Å². The number of nitrogens with zero attached hydrogens (tertiary/aromatic N) is 3. The molecule has 7 nitrogen and oxygen atoms in total. The zero-order chi connectivity index (χ0) is 14.5. The van der Waals surface area contributed by atoms with E-state index in [1.807, 2.05) is 0 Å². The number of rotatable bonds is 4. The average molecular weight is 295 g/mol. The topological polar surface area (TPSA) is 103 Å². The van der Waals surface area contributed by atoms with E-state index in [1.54, 1.807) is 0 Å². The number of aromatic nitrogens is 3. The Balaban J connectivity index is 1.94. The van der Waals surface area contributed by atoms with E-state index in [1.165, 1.54) is 24.3 Å². The predicted molar refractivity (Wildman–Crippen MR) is 72.2 cm³/mol. The molecule has 0 bridgehead atoms. The zero-order valence-corrected chi connectivity index (χ0v) is 10.9. The first kappa shape index (κ1) is 14.0. The monoisotopic (exact) mass is 295 g/mol. The van der Waals surface area contributed by atoms with Crippen molar-refractivity contribution in [3.63, 3.8) is 0 Å². The van der Waals surface area contributed by atoms with Crippen LogP contribution in [-0.2, 0) is 4.79 Å². The maximum Gasteiger partial charge on any atom is 0.291 e. The van der Waals surface area contributed by atoms with E-state index in [4.69, 9.17) is 5.84 Å². The van der Waals surface area contributed by atoms with Gasteiger partial charge >= 0.3 is 0 Å². The Morgan fingerprint density at radius 3 is 2.80 bits per heavy atom. The highest BCUT2D eigenvalue weighted by molar-refractivity contribution is 7.99. The molecule has 1 amide bonds. The lowest BCUT2D eigenvalue weighted by molar-refractivity contribution is -0.113. The molecule has 0 saturated carbocycles. The molecule has 2 aromatic rings. The van der Waals surface area contributed by atoms with Crippen LogP contribution in [0.1, 0.15) is 0 Å². The molecule has 20 heavy (non-hydrogen) atoms. The minimum Gasteiger partial charge on any atom is -0.334 e. The van der Waals surface area contributed by atoms with Gasteiger partial charge in [0.25, 0.3) is 5.56 Å². The van der Waals surface area contributed by atoms with Crippen molar-refractivity contribution in [3.8, 4) is 0 Å². The van der Waals surface area contributed by atoms with Gasteiger partial charge in [-0.2, -0.15) is 9.77 Å². The number of hydrogen-bond donors (Lipinski definition) is 2. The SMILES string of the molecule is Nn1c(SCC(=O)Nc2ccc(F)cc2)nncc1=O. The first-order chi connectivity index (χ1) is 9.56. The van der Waals surface area contributed by atoms with E-state index in [0.29, 0.717) is 5.69 Å². The van der Waals surface area contributed by atoms with Crippen LogP contribution >= 0.6 is 11.8 Å². The second kappa shape index (κ2) is 6.15. The summed E-state index contributed by atoms with van der Waals surface area (Å²) in [7, 11) is 0. The van der Waals surface area contributed by atoms with Crippen LogP contribution in [0.3, 0.4) is 0 Å². The van der Waals surface area contributed by atoms with Crippen LogP contribution in [0.4, 0.5) is 10.1 Å². The lowest BCUT2D eigenvalue weighted by atomic mass is 10.3. The Labute approximate surface area is 117 Å². The summed E-state index contributed by atoms with van der Waals surface area (Å²) < 4.78 is 13.5. The minimum atomic E-state index is -0.513. The second-order valence-corrected chi connectivity index (χ2v) is 4.62. The molecule has 1 aromatic heterocycles. The predicted octanol–water partition coefficient (Wildman–Crippen LogP) is 0.222. The van der Waals surface area contributed by atoms with Gasteiger partial charge in [-0.25, -0.2) is 4.39 Å². The lowest BCUT2D eigenvalue weighted by Gasteiger charge is -2.06. The molecule has 3 N–H and O–H groups in total. The standard InChI is InChI=1S/C11H10FN5O2S/c12-7-1-3-8(4-2-7)15-9(18)6-20-11-16-14-5-10(19)17(11)13/h1-5H,6,13H2,(H,15,18). The van der Waals surface area contributed by atoms with Crippen LogP contribution in [0.5, 0.6) is 0 Å². The van der Waals surface area contributed by atoms with Gasteiger partial charge in [0.1, 0.15) is 12.0 Å². The number of amides is 1. The summed E-state index contributed by atoms with van der Waals surface area (Å²) in [5, 5.41) is 9.81. The third-order valence-corrected chi connectivity index (χ3v) is 3.16. The number of anilines is 1. The lowest BCUT2D eigenvalue weighted by Crippen LogP contribution is -2.30. The molecule has 0 spiro atoms. The smallest absolute Gasteiger partial charge is 0.291 e. The van der Waals surface area contributed by atoms with Gasteiger partial charge in [0.15, 0.2) is 0 Å². The number of nitrogen functional groups attached to an aromatic ring is 1. The normalized spacial score (nSPS) is 10.2. The van der Waals surface area contributed by atoms with Crippen molar-refractivity contribution in [2.45, 2.75) is 5.16 Å². The summed E-state index contributed by atoms with van der Waals surface area (Å²) in [4.78, 5) is 22.9. The van der Waals surface area contributed by atoms with Crippen molar-refractivity contribution in [2.75, 3.05) is 16.9 Å². The Morgan fingerprint density at radius 2 is 2.10 bits per heavy atom. The number of thioether (sulfide) groups is 1. The summed E-state index contributed by atoms with van der Waals surface area (Å²) in [6, 6.07) is 5.37. The van der Waals surface area contributed by atoms with Gasteiger partial charge in [-0.15, -0.1) is 5.10 Å². The van der Waals surface area contributed by atoms with Crippen molar-refractivity contribution in [1.29, 1.82) is 0 Å². The number of halogens is 1. The first-order valence-corrected chi connectivity index (χ1v) is 6.43. The van der Waals surface area contributed by atoms with Gasteiger partial charge in [-0.1, -0.05) is 11.8 Å². The molecule has 0 saturated heterocycles. The largest absolute Gasteiger partial charge is 0.334 e. The molecule has 0 atom stereocenters. The van der Waals surface area contributed by atoms with Gasteiger partial charge in [-0.05, 0) is 24.3 Å². The van der Waals surface area contributed by atoms with Gasteiger partial charge in [0, 0.05) is 5.69 Å². The third kappa shape index (κ3) is 3.54. The number of hydrogen-bond acceptors (Lipinski definition) is 6. The maximum absolute atomic E-state index is 12.7. The van der Waals surface area contributed by atoms with Gasteiger partial charge in [-0.3, -0.25) is 9.59 Å². The molecular formula is C11H10FN5O2S. The summed E-state index contributed by atoms with van der Waals surface area (Å²) in [6.07, 6.45) is 0.975. The van der Waals surface area contributed by atoms with E-state index in [9.17, 15) is 14.0 Å². The molecule has 0 aliphatic rings. The Hall–Kier alpha value is -2.42. The van der Waals surface area contributed by atoms with Gasteiger partial charge < -0.3 is 11.2 Å². The molecular weight excluding hydrogens is 285 g/mol. The highest BCUT2D eigenvalue weighted by Crippen LogP contribution is 2.13. The summed E-state index contributed by atoms with van der Waals surface area (Å²) in [5.74, 6) is 4.72. The molecule has 104 valence electrons. The van der Waals surface area contributed by atoms with Crippen molar-refractivity contribution in [2.24, 2.45) is 0 Å². The molecule has 1 aromatic carbocycles. The number of nitrogens with two attached hydrogens (primary N) is 1. The summed E-state index contributed by atoms with van der Waals surface area (Å²) >= 11 is 0.970. The molecule has 0 unspecified atom stereocenters. The van der Waals surface area contributed by atoms with E-state index >= 15 is 0 Å². The van der Waals surface area contributed by atoms with Gasteiger partial charge in [0.2, 0.25) is 11.1 Å². The third-order valence-electron chi connectivity index (χ3n) is 2.22. The fourth-order valence-electron chi connectivity index (χ4n) is 1.29. The number of carbonyl (C=O) groups excluding carboxylic acids is 1. The Bertz CT molecular complexity index is 673. The van der Waals surface area contributed by atoms with Crippen LogP contribution in [0.2, 0.25) is 0 Å². The van der Waals surface area contributed by atoms with Crippen molar-refractivity contribution < 1.29 is 9.18 Å². The second-order valence-electron chi connectivity index (χ2n) is 3.68. The van der Waals surface area contributed by atoms with Crippen LogP contribution < -0.4 is 16.7 Å². The van der Waals surface area contributed by atoms with E-state index in [-0.39, 0.29) is 22.6 Å². The number of carbonyl (C=O) groups is 1. The van der Waals surface area contributed by atoms with Crippen LogP contribution in [-0.4, -0.2) is 26.5 Å². The molecule has 9 heteroatoms. The highest BCUT2D eigenvalue weighted by Gasteiger charge is 2.08. The Kier molecular flexibility index (Phi) is 4.31.